The Balaban J connectivity index is 0.000000583. The summed E-state index contributed by atoms with van der Waals surface area (Å²) in [4.78, 5) is 0. The average Bonchev–Trinajstić information content (AvgIpc) is 2.28. The van der Waals surface area contributed by atoms with E-state index in [1.165, 1.54) is 6.42 Å². The monoisotopic (exact) mass is 210 g/mol. The second-order valence-electron chi connectivity index (χ2n) is 3.28. The Morgan fingerprint density at radius 1 is 1.27 bits per heavy atom. The van der Waals surface area contributed by atoms with Crippen molar-refractivity contribution in [3.63, 3.8) is 0 Å². The largest absolute Gasteiger partial charge is 0.493 e. The summed E-state index contributed by atoms with van der Waals surface area (Å²) >= 11 is 0. The van der Waals surface area contributed by atoms with Crippen LogP contribution in [0.2, 0.25) is 0 Å². The van der Waals surface area contributed by atoms with Crippen LogP contribution < -0.4 is 4.74 Å². The Morgan fingerprint density at radius 2 is 1.80 bits per heavy atom. The first-order valence-corrected chi connectivity index (χ1v) is 5.14. The number of para-hydroxylation sites is 1. The Morgan fingerprint density at radius 3 is 2.27 bits per heavy atom. The van der Waals surface area contributed by atoms with Gasteiger partial charge in [-0.2, -0.15) is 0 Å². The van der Waals surface area contributed by atoms with Gasteiger partial charge in [-0.05, 0) is 18.1 Å². The van der Waals surface area contributed by atoms with E-state index in [2.05, 4.69) is 13.8 Å². The van der Waals surface area contributed by atoms with Gasteiger partial charge >= 0.3 is 7.69 Å². The molecule has 1 rings (SSSR count). The fourth-order valence-corrected chi connectivity index (χ4v) is 0.873. The highest BCUT2D eigenvalue weighted by Crippen LogP contribution is 2.10. The van der Waals surface area contributed by atoms with Gasteiger partial charge in [-0.15, -0.1) is 0 Å². The molecule has 3 nitrogen and oxygen atoms in total. The summed E-state index contributed by atoms with van der Waals surface area (Å²) in [5.41, 5.74) is 0. The van der Waals surface area contributed by atoms with Gasteiger partial charge < -0.3 is 14.8 Å². The van der Waals surface area contributed by atoms with E-state index in [4.69, 9.17) is 14.8 Å². The van der Waals surface area contributed by atoms with Crippen LogP contribution in [0.25, 0.3) is 0 Å². The molecular formula is C11H19BO3. The molecule has 0 saturated carbocycles. The predicted octanol–water partition coefficient (Wildman–Crippen LogP) is 1.35. The van der Waals surface area contributed by atoms with Crippen molar-refractivity contribution in [1.82, 2.24) is 0 Å². The highest BCUT2D eigenvalue weighted by Gasteiger charge is 1.98. The van der Waals surface area contributed by atoms with Gasteiger partial charge in [-0.1, -0.05) is 38.5 Å². The van der Waals surface area contributed by atoms with Crippen molar-refractivity contribution in [2.24, 2.45) is 5.92 Å². The third kappa shape index (κ3) is 8.03. The lowest BCUT2D eigenvalue weighted by molar-refractivity contribution is 0.256. The van der Waals surface area contributed by atoms with E-state index in [0.29, 0.717) is 5.92 Å². The molecular weight excluding hydrogens is 191 g/mol. The van der Waals surface area contributed by atoms with Gasteiger partial charge in [-0.25, -0.2) is 0 Å². The van der Waals surface area contributed by atoms with E-state index in [0.717, 1.165) is 12.4 Å². The highest BCUT2D eigenvalue weighted by molar-refractivity contribution is 6.13. The SMILES string of the molecule is CCC(C)COc1ccccc1.OBO. The molecule has 1 aromatic rings. The molecule has 0 bridgehead atoms. The van der Waals surface area contributed by atoms with Gasteiger partial charge in [0.2, 0.25) is 0 Å². The lowest BCUT2D eigenvalue weighted by atomic mass is 10.1. The van der Waals surface area contributed by atoms with Crippen molar-refractivity contribution in [1.29, 1.82) is 0 Å². The van der Waals surface area contributed by atoms with E-state index in [1.807, 2.05) is 30.3 Å². The molecule has 0 radical (unpaired) electrons. The highest BCUT2D eigenvalue weighted by atomic mass is 16.5. The van der Waals surface area contributed by atoms with Crippen molar-refractivity contribution in [2.45, 2.75) is 20.3 Å². The lowest BCUT2D eigenvalue weighted by Gasteiger charge is -2.10. The Hall–Kier alpha value is -0.995. The minimum atomic E-state index is -0.750. The topological polar surface area (TPSA) is 49.7 Å². The zero-order chi connectivity index (χ0) is 11.5. The van der Waals surface area contributed by atoms with Crippen molar-refractivity contribution in [3.05, 3.63) is 30.3 Å². The van der Waals surface area contributed by atoms with Gasteiger partial charge in [0.1, 0.15) is 5.75 Å². The first kappa shape index (κ1) is 14.0. The number of rotatable bonds is 4. The Kier molecular flexibility index (Phi) is 8.92. The first-order valence-electron chi connectivity index (χ1n) is 5.14. The predicted molar refractivity (Wildman–Crippen MR) is 63.0 cm³/mol. The molecule has 0 saturated heterocycles. The molecule has 1 aromatic carbocycles. The zero-order valence-electron chi connectivity index (χ0n) is 9.39. The van der Waals surface area contributed by atoms with Crippen LogP contribution in [0.3, 0.4) is 0 Å². The average molecular weight is 210 g/mol. The maximum Gasteiger partial charge on any atom is 0.432 e. The molecule has 15 heavy (non-hydrogen) atoms. The fraction of sp³-hybridized carbons (Fsp3) is 0.455. The van der Waals surface area contributed by atoms with E-state index in [9.17, 15) is 0 Å². The van der Waals surface area contributed by atoms with Crippen LogP contribution in [0.5, 0.6) is 5.75 Å². The summed E-state index contributed by atoms with van der Waals surface area (Å²) in [5, 5.41) is 14.2. The molecule has 4 heteroatoms. The number of hydrogen-bond acceptors (Lipinski definition) is 3. The normalized spacial score (nSPS) is 10.9. The van der Waals surface area contributed by atoms with Crippen LogP contribution >= 0.6 is 0 Å². The van der Waals surface area contributed by atoms with Gasteiger partial charge in [0.25, 0.3) is 0 Å². The third-order valence-electron chi connectivity index (χ3n) is 1.97. The third-order valence-corrected chi connectivity index (χ3v) is 1.97. The summed E-state index contributed by atoms with van der Waals surface area (Å²) in [6.07, 6.45) is 1.17. The molecule has 0 aromatic heterocycles. The van der Waals surface area contributed by atoms with E-state index in [1.54, 1.807) is 0 Å². The van der Waals surface area contributed by atoms with Crippen molar-refractivity contribution in [2.75, 3.05) is 6.61 Å². The van der Waals surface area contributed by atoms with Gasteiger partial charge in [0.05, 0.1) is 6.61 Å². The number of ether oxygens (including phenoxy) is 1. The smallest absolute Gasteiger partial charge is 0.432 e. The zero-order valence-corrected chi connectivity index (χ0v) is 9.39. The molecule has 84 valence electrons. The van der Waals surface area contributed by atoms with Crippen LogP contribution in [0.4, 0.5) is 0 Å². The van der Waals surface area contributed by atoms with Crippen LogP contribution in [0.15, 0.2) is 30.3 Å². The van der Waals surface area contributed by atoms with Crippen molar-refractivity contribution in [3.8, 4) is 5.75 Å². The number of benzene rings is 1. The first-order chi connectivity index (χ1) is 7.24. The molecule has 0 fully saturated rings. The summed E-state index contributed by atoms with van der Waals surface area (Å²) in [7, 11) is -0.750. The van der Waals surface area contributed by atoms with Crippen LogP contribution in [-0.2, 0) is 0 Å². The minimum absolute atomic E-state index is 0.644. The second kappa shape index (κ2) is 9.56. The number of hydrogen-bond donors (Lipinski definition) is 2. The summed E-state index contributed by atoms with van der Waals surface area (Å²) in [6, 6.07) is 9.96. The van der Waals surface area contributed by atoms with Gasteiger partial charge in [-0.3, -0.25) is 0 Å². The van der Waals surface area contributed by atoms with Gasteiger partial charge in [0.15, 0.2) is 0 Å². The minimum Gasteiger partial charge on any atom is -0.493 e. The summed E-state index contributed by atoms with van der Waals surface area (Å²) in [5.74, 6) is 1.61. The van der Waals surface area contributed by atoms with Crippen molar-refractivity contribution < 1.29 is 14.8 Å². The molecule has 0 aliphatic rings. The Labute approximate surface area is 92.0 Å². The summed E-state index contributed by atoms with van der Waals surface area (Å²) < 4.78 is 5.56. The molecule has 0 amide bonds. The van der Waals surface area contributed by atoms with Crippen LogP contribution in [-0.4, -0.2) is 24.3 Å². The van der Waals surface area contributed by atoms with Crippen LogP contribution in [0, 0.1) is 5.92 Å². The Bertz CT molecular complexity index is 229. The van der Waals surface area contributed by atoms with Crippen molar-refractivity contribution >= 4 is 7.69 Å². The van der Waals surface area contributed by atoms with Crippen LogP contribution in [0.1, 0.15) is 20.3 Å². The molecule has 0 spiro atoms. The lowest BCUT2D eigenvalue weighted by Crippen LogP contribution is -2.06. The molecule has 0 aliphatic heterocycles. The fourth-order valence-electron chi connectivity index (χ4n) is 0.873. The maximum absolute atomic E-state index is 7.12. The quantitative estimate of drug-likeness (QED) is 0.737. The van der Waals surface area contributed by atoms with E-state index < -0.39 is 7.69 Å². The standard InChI is InChI=1S/C11H16O.BH3O2/c1-3-10(2)9-12-11-7-5-4-6-8-11;2-1-3/h4-8,10H,3,9H2,1-2H3;1-3H. The molecule has 1 atom stereocenters. The maximum atomic E-state index is 7.12. The van der Waals surface area contributed by atoms with E-state index >= 15 is 0 Å². The molecule has 1 unspecified atom stereocenters. The molecule has 2 N–H and O–H groups in total. The summed E-state index contributed by atoms with van der Waals surface area (Å²) in [6.45, 7) is 5.20. The van der Waals surface area contributed by atoms with Gasteiger partial charge in [0, 0.05) is 0 Å². The second-order valence-corrected chi connectivity index (χ2v) is 3.28. The molecule has 0 heterocycles. The molecule has 0 aliphatic carbocycles. The van der Waals surface area contributed by atoms with E-state index in [-0.39, 0.29) is 0 Å².